The van der Waals surface area contributed by atoms with Gasteiger partial charge in [-0.2, -0.15) is 0 Å². The molecule has 0 aliphatic carbocycles. The Morgan fingerprint density at radius 3 is 3.20 bits per heavy atom. The van der Waals surface area contributed by atoms with Crippen molar-refractivity contribution in [1.82, 2.24) is 5.32 Å². The second-order valence-electron chi connectivity index (χ2n) is 3.46. The van der Waals surface area contributed by atoms with Gasteiger partial charge in [-0.1, -0.05) is 0 Å². The molecule has 82 valence electrons. The van der Waals surface area contributed by atoms with Crippen LogP contribution in [-0.2, 0) is 16.0 Å². The summed E-state index contributed by atoms with van der Waals surface area (Å²) in [5, 5.41) is 5.16. The van der Waals surface area contributed by atoms with Gasteiger partial charge in [0.1, 0.15) is 0 Å². The quantitative estimate of drug-likeness (QED) is 0.919. The van der Waals surface area contributed by atoms with Gasteiger partial charge in [-0.25, -0.2) is 0 Å². The van der Waals surface area contributed by atoms with Crippen LogP contribution in [0, 0.1) is 0 Å². The van der Waals surface area contributed by atoms with Gasteiger partial charge in [0.15, 0.2) is 5.78 Å². The van der Waals surface area contributed by atoms with Crippen molar-refractivity contribution >= 4 is 33.0 Å². The standard InChI is InChI=1S/C10H12BrNO2S/c11-7-3-8(15-6-7)4-10(13)9-5-14-2-1-12-9/h3,6,9,12H,1-2,4-5H2. The third-order valence-corrected chi connectivity index (χ3v) is 3.98. The summed E-state index contributed by atoms with van der Waals surface area (Å²) in [6.07, 6.45) is 0.497. The van der Waals surface area contributed by atoms with Crippen LogP contribution in [0.4, 0.5) is 0 Å². The van der Waals surface area contributed by atoms with Crippen LogP contribution in [0.25, 0.3) is 0 Å². The van der Waals surface area contributed by atoms with Crippen molar-refractivity contribution in [3.63, 3.8) is 0 Å². The van der Waals surface area contributed by atoms with Gasteiger partial charge < -0.3 is 10.1 Å². The maximum atomic E-state index is 11.8. The maximum Gasteiger partial charge on any atom is 0.157 e. The zero-order valence-electron chi connectivity index (χ0n) is 8.16. The number of hydrogen-bond acceptors (Lipinski definition) is 4. The van der Waals surface area contributed by atoms with Gasteiger partial charge in [0.25, 0.3) is 0 Å². The molecule has 2 rings (SSSR count). The predicted molar refractivity (Wildman–Crippen MR) is 63.3 cm³/mol. The lowest BCUT2D eigenvalue weighted by Gasteiger charge is -2.22. The highest BCUT2D eigenvalue weighted by Gasteiger charge is 2.21. The number of carbonyl (C=O) groups is 1. The molecule has 0 amide bonds. The van der Waals surface area contributed by atoms with Crippen LogP contribution in [0.15, 0.2) is 15.9 Å². The summed E-state index contributed by atoms with van der Waals surface area (Å²) < 4.78 is 6.30. The van der Waals surface area contributed by atoms with E-state index in [4.69, 9.17) is 4.74 Å². The molecule has 3 nitrogen and oxygen atoms in total. The number of Topliss-reactive ketones (excluding diaryl/α,β-unsaturated/α-hetero) is 1. The zero-order chi connectivity index (χ0) is 10.7. The van der Waals surface area contributed by atoms with Crippen LogP contribution in [-0.4, -0.2) is 31.6 Å². The molecule has 5 heteroatoms. The molecule has 1 saturated heterocycles. The average Bonchev–Trinajstić information content (AvgIpc) is 2.65. The smallest absolute Gasteiger partial charge is 0.157 e. The van der Waals surface area contributed by atoms with E-state index in [1.165, 1.54) is 0 Å². The fourth-order valence-electron chi connectivity index (χ4n) is 1.51. The molecule has 1 atom stereocenters. The lowest BCUT2D eigenvalue weighted by atomic mass is 10.1. The first kappa shape index (κ1) is 11.3. The zero-order valence-corrected chi connectivity index (χ0v) is 10.6. The minimum Gasteiger partial charge on any atom is -0.378 e. The molecule has 1 aliphatic heterocycles. The molecule has 0 saturated carbocycles. The number of hydrogen-bond donors (Lipinski definition) is 1. The van der Waals surface area contributed by atoms with Gasteiger partial charge in [-0.05, 0) is 22.0 Å². The van der Waals surface area contributed by atoms with E-state index >= 15 is 0 Å². The van der Waals surface area contributed by atoms with Crippen molar-refractivity contribution in [1.29, 1.82) is 0 Å². The summed E-state index contributed by atoms with van der Waals surface area (Å²) in [5.74, 6) is 0.212. The van der Waals surface area contributed by atoms with Crippen LogP contribution in [0.1, 0.15) is 4.88 Å². The molecule has 1 fully saturated rings. The number of carbonyl (C=O) groups excluding carboxylic acids is 1. The van der Waals surface area contributed by atoms with Crippen molar-refractivity contribution in [2.24, 2.45) is 0 Å². The van der Waals surface area contributed by atoms with Gasteiger partial charge >= 0.3 is 0 Å². The van der Waals surface area contributed by atoms with E-state index in [0.717, 1.165) is 15.9 Å². The van der Waals surface area contributed by atoms with Gasteiger partial charge in [-0.3, -0.25) is 4.79 Å². The lowest BCUT2D eigenvalue weighted by Crippen LogP contribution is -2.47. The summed E-state index contributed by atoms with van der Waals surface area (Å²) >= 11 is 4.98. The third-order valence-electron chi connectivity index (χ3n) is 2.28. The molecule has 0 bridgehead atoms. The van der Waals surface area contributed by atoms with Crippen molar-refractivity contribution in [3.05, 3.63) is 20.8 Å². The van der Waals surface area contributed by atoms with Crippen molar-refractivity contribution in [2.45, 2.75) is 12.5 Å². The van der Waals surface area contributed by atoms with Gasteiger partial charge in [-0.15, -0.1) is 11.3 Å². The maximum absolute atomic E-state index is 11.8. The summed E-state index contributed by atoms with van der Waals surface area (Å²) in [6, 6.07) is 1.87. The number of thiophene rings is 1. The van der Waals surface area contributed by atoms with Crippen molar-refractivity contribution in [2.75, 3.05) is 19.8 Å². The van der Waals surface area contributed by atoms with E-state index in [-0.39, 0.29) is 11.8 Å². The molecule has 1 unspecified atom stereocenters. The van der Waals surface area contributed by atoms with Gasteiger partial charge in [0.05, 0.1) is 19.3 Å². The van der Waals surface area contributed by atoms with Crippen molar-refractivity contribution in [3.8, 4) is 0 Å². The Labute approximate surface area is 101 Å². The van der Waals surface area contributed by atoms with E-state index < -0.39 is 0 Å². The van der Waals surface area contributed by atoms with Crippen LogP contribution in [0.3, 0.4) is 0 Å². The third kappa shape index (κ3) is 3.11. The molecular weight excluding hydrogens is 278 g/mol. The molecule has 0 aromatic carbocycles. The number of halogens is 1. The summed E-state index contributed by atoms with van der Waals surface area (Å²) in [4.78, 5) is 12.9. The summed E-state index contributed by atoms with van der Waals surface area (Å²) in [5.41, 5.74) is 0. The fraction of sp³-hybridized carbons (Fsp3) is 0.500. The highest BCUT2D eigenvalue weighted by Crippen LogP contribution is 2.20. The molecule has 2 heterocycles. The van der Waals surface area contributed by atoms with E-state index in [0.29, 0.717) is 19.6 Å². The Bertz CT molecular complexity index is 347. The molecule has 0 radical (unpaired) electrons. The summed E-state index contributed by atoms with van der Waals surface area (Å²) in [6.45, 7) is 1.98. The average molecular weight is 290 g/mol. The second kappa shape index (κ2) is 5.21. The first-order valence-corrected chi connectivity index (χ1v) is 6.50. The molecule has 0 spiro atoms. The van der Waals surface area contributed by atoms with Crippen LogP contribution < -0.4 is 5.32 Å². The number of ether oxygens (including phenoxy) is 1. The number of rotatable bonds is 3. The number of nitrogens with one attached hydrogen (secondary N) is 1. The molecule has 1 aliphatic rings. The highest BCUT2D eigenvalue weighted by atomic mass is 79.9. The number of morpholine rings is 1. The monoisotopic (exact) mass is 289 g/mol. The molecular formula is C10H12BrNO2S. The molecule has 1 aromatic rings. The lowest BCUT2D eigenvalue weighted by molar-refractivity contribution is -0.123. The Kier molecular flexibility index (Phi) is 3.91. The molecule has 15 heavy (non-hydrogen) atoms. The minimum absolute atomic E-state index is 0.125. The second-order valence-corrected chi connectivity index (χ2v) is 5.37. The van der Waals surface area contributed by atoms with E-state index in [1.807, 2.05) is 11.4 Å². The van der Waals surface area contributed by atoms with E-state index in [2.05, 4.69) is 21.2 Å². The van der Waals surface area contributed by atoms with Crippen molar-refractivity contribution < 1.29 is 9.53 Å². The van der Waals surface area contributed by atoms with Crippen LogP contribution >= 0.6 is 27.3 Å². The normalized spacial score (nSPS) is 21.5. The molecule has 1 aromatic heterocycles. The minimum atomic E-state index is -0.125. The SMILES string of the molecule is O=C(Cc1cc(Br)cs1)C1COCCN1. The van der Waals surface area contributed by atoms with E-state index in [1.54, 1.807) is 11.3 Å². The predicted octanol–water partition coefficient (Wildman–Crippen LogP) is 1.61. The first-order chi connectivity index (χ1) is 7.25. The Morgan fingerprint density at radius 2 is 2.60 bits per heavy atom. The van der Waals surface area contributed by atoms with Gasteiger partial charge in [0.2, 0.25) is 0 Å². The Morgan fingerprint density at radius 1 is 1.73 bits per heavy atom. The highest BCUT2D eigenvalue weighted by molar-refractivity contribution is 9.10. The largest absolute Gasteiger partial charge is 0.378 e. The number of ketones is 1. The topological polar surface area (TPSA) is 38.3 Å². The summed E-state index contributed by atoms with van der Waals surface area (Å²) in [7, 11) is 0. The van der Waals surface area contributed by atoms with E-state index in [9.17, 15) is 4.79 Å². The van der Waals surface area contributed by atoms with Gasteiger partial charge in [0, 0.05) is 27.7 Å². The van der Waals surface area contributed by atoms with Crippen LogP contribution in [0.2, 0.25) is 0 Å². The molecule has 1 N–H and O–H groups in total. The first-order valence-electron chi connectivity index (χ1n) is 4.82. The Hall–Kier alpha value is -0.230. The Balaban J connectivity index is 1.91. The van der Waals surface area contributed by atoms with Crippen LogP contribution in [0.5, 0.6) is 0 Å². The fourth-order valence-corrected chi connectivity index (χ4v) is 2.97.